The summed E-state index contributed by atoms with van der Waals surface area (Å²) >= 11 is 0. The van der Waals surface area contributed by atoms with E-state index >= 15 is 0 Å². The molecular formula is C8H13N3O. The lowest BCUT2D eigenvalue weighted by atomic mass is 9.80. The minimum absolute atomic E-state index is 0.396. The summed E-state index contributed by atoms with van der Waals surface area (Å²) in [6.45, 7) is 0. The molecule has 1 saturated carbocycles. The van der Waals surface area contributed by atoms with Crippen molar-refractivity contribution < 1.29 is 5.11 Å². The van der Waals surface area contributed by atoms with Gasteiger partial charge in [0.15, 0.2) is 0 Å². The molecule has 0 saturated heterocycles. The molecule has 4 heteroatoms. The molecule has 1 atom stereocenters. The van der Waals surface area contributed by atoms with Gasteiger partial charge in [0.1, 0.15) is 11.8 Å². The summed E-state index contributed by atoms with van der Waals surface area (Å²) in [6, 6.07) is 0. The second-order valence-electron chi connectivity index (χ2n) is 3.39. The smallest absolute Gasteiger partial charge is 0.111 e. The van der Waals surface area contributed by atoms with E-state index in [2.05, 4.69) is 10.2 Å². The standard InChI is InChI=1S/C8H13N3O/c1-11-9-5-7(10-11)8(12)6-3-2-4-6/h5-6,8,12H,2-4H2,1H3. The third-order valence-corrected chi connectivity index (χ3v) is 2.52. The monoisotopic (exact) mass is 167 g/mol. The average Bonchev–Trinajstić information content (AvgIpc) is 2.31. The Morgan fingerprint density at radius 2 is 2.42 bits per heavy atom. The fourth-order valence-corrected chi connectivity index (χ4v) is 1.49. The number of aryl methyl sites for hydroxylation is 1. The van der Waals surface area contributed by atoms with Crippen molar-refractivity contribution in [3.63, 3.8) is 0 Å². The lowest BCUT2D eigenvalue weighted by molar-refractivity contribution is 0.0582. The maximum Gasteiger partial charge on any atom is 0.111 e. The first-order valence-corrected chi connectivity index (χ1v) is 4.31. The molecule has 1 aliphatic carbocycles. The Morgan fingerprint density at radius 3 is 2.83 bits per heavy atom. The van der Waals surface area contributed by atoms with Crippen LogP contribution in [0.1, 0.15) is 31.1 Å². The van der Waals surface area contributed by atoms with Crippen molar-refractivity contribution in [2.45, 2.75) is 25.4 Å². The third-order valence-electron chi connectivity index (χ3n) is 2.52. The summed E-state index contributed by atoms with van der Waals surface area (Å²) in [5.41, 5.74) is 0.710. The van der Waals surface area contributed by atoms with Gasteiger partial charge in [0.2, 0.25) is 0 Å². The van der Waals surface area contributed by atoms with Gasteiger partial charge in [-0.05, 0) is 18.8 Å². The Bertz CT molecular complexity index is 267. The fourth-order valence-electron chi connectivity index (χ4n) is 1.49. The Hall–Kier alpha value is -0.900. The van der Waals surface area contributed by atoms with Gasteiger partial charge in [-0.2, -0.15) is 15.0 Å². The van der Waals surface area contributed by atoms with Gasteiger partial charge in [-0.1, -0.05) is 6.42 Å². The van der Waals surface area contributed by atoms with Gasteiger partial charge in [-0.25, -0.2) is 0 Å². The van der Waals surface area contributed by atoms with E-state index < -0.39 is 6.10 Å². The van der Waals surface area contributed by atoms with Crippen LogP contribution in [0, 0.1) is 5.92 Å². The maximum absolute atomic E-state index is 9.74. The molecule has 0 aliphatic heterocycles. The molecule has 12 heavy (non-hydrogen) atoms. The molecule has 1 fully saturated rings. The van der Waals surface area contributed by atoms with Crippen LogP contribution in [0.3, 0.4) is 0 Å². The number of aliphatic hydroxyl groups is 1. The maximum atomic E-state index is 9.74. The molecule has 1 unspecified atom stereocenters. The van der Waals surface area contributed by atoms with Gasteiger partial charge in [0.05, 0.1) is 6.20 Å². The molecule has 1 aliphatic rings. The second kappa shape index (κ2) is 2.86. The molecule has 0 radical (unpaired) electrons. The van der Waals surface area contributed by atoms with Crippen LogP contribution in [-0.4, -0.2) is 20.1 Å². The van der Waals surface area contributed by atoms with Crippen molar-refractivity contribution in [1.29, 1.82) is 0 Å². The van der Waals surface area contributed by atoms with Gasteiger partial charge >= 0.3 is 0 Å². The van der Waals surface area contributed by atoms with Crippen molar-refractivity contribution in [2.24, 2.45) is 13.0 Å². The highest BCUT2D eigenvalue weighted by molar-refractivity contribution is 5.00. The zero-order valence-corrected chi connectivity index (χ0v) is 7.14. The van der Waals surface area contributed by atoms with E-state index in [4.69, 9.17) is 0 Å². The van der Waals surface area contributed by atoms with Crippen molar-refractivity contribution >= 4 is 0 Å². The van der Waals surface area contributed by atoms with E-state index in [0.29, 0.717) is 11.6 Å². The lowest BCUT2D eigenvalue weighted by Gasteiger charge is -2.28. The highest BCUT2D eigenvalue weighted by Gasteiger charge is 2.28. The van der Waals surface area contributed by atoms with Crippen molar-refractivity contribution in [2.75, 3.05) is 0 Å². The highest BCUT2D eigenvalue weighted by Crippen LogP contribution is 2.36. The Morgan fingerprint density at radius 1 is 1.67 bits per heavy atom. The minimum atomic E-state index is -0.396. The number of aliphatic hydroxyl groups excluding tert-OH is 1. The van der Waals surface area contributed by atoms with Gasteiger partial charge in [-0.15, -0.1) is 0 Å². The van der Waals surface area contributed by atoms with Gasteiger partial charge in [-0.3, -0.25) is 0 Å². The summed E-state index contributed by atoms with van der Waals surface area (Å²) in [5.74, 6) is 0.418. The third kappa shape index (κ3) is 1.22. The summed E-state index contributed by atoms with van der Waals surface area (Å²) < 4.78 is 0. The van der Waals surface area contributed by atoms with Crippen LogP contribution in [-0.2, 0) is 7.05 Å². The van der Waals surface area contributed by atoms with Crippen LogP contribution in [0.2, 0.25) is 0 Å². The largest absolute Gasteiger partial charge is 0.386 e. The van der Waals surface area contributed by atoms with Gasteiger partial charge in [0, 0.05) is 7.05 Å². The predicted octanol–water partition coefficient (Wildman–Crippen LogP) is 0.649. The molecule has 0 bridgehead atoms. The van der Waals surface area contributed by atoms with Gasteiger partial charge < -0.3 is 5.11 Å². The normalized spacial score (nSPS) is 20.5. The summed E-state index contributed by atoms with van der Waals surface area (Å²) in [4.78, 5) is 1.48. The number of rotatable bonds is 2. The molecular weight excluding hydrogens is 154 g/mol. The van der Waals surface area contributed by atoms with Crippen molar-refractivity contribution in [3.8, 4) is 0 Å². The predicted molar refractivity (Wildman–Crippen MR) is 43.3 cm³/mol. The first kappa shape index (κ1) is 7.73. The van der Waals surface area contributed by atoms with Gasteiger partial charge in [0.25, 0.3) is 0 Å². The summed E-state index contributed by atoms with van der Waals surface area (Å²) in [5, 5.41) is 17.7. The van der Waals surface area contributed by atoms with Crippen LogP contribution in [0.4, 0.5) is 0 Å². The van der Waals surface area contributed by atoms with Crippen molar-refractivity contribution in [3.05, 3.63) is 11.9 Å². The van der Waals surface area contributed by atoms with Crippen molar-refractivity contribution in [1.82, 2.24) is 15.0 Å². The average molecular weight is 167 g/mol. The number of aromatic nitrogens is 3. The molecule has 66 valence electrons. The van der Waals surface area contributed by atoms with Crippen LogP contribution >= 0.6 is 0 Å². The quantitative estimate of drug-likeness (QED) is 0.703. The molecule has 1 aromatic rings. The first-order valence-electron chi connectivity index (χ1n) is 4.31. The van der Waals surface area contributed by atoms with Crippen LogP contribution in [0.25, 0.3) is 0 Å². The second-order valence-corrected chi connectivity index (χ2v) is 3.39. The van der Waals surface area contributed by atoms with E-state index in [1.54, 1.807) is 13.2 Å². The highest BCUT2D eigenvalue weighted by atomic mass is 16.3. The summed E-state index contributed by atoms with van der Waals surface area (Å²) in [7, 11) is 1.76. The van der Waals surface area contributed by atoms with E-state index in [0.717, 1.165) is 12.8 Å². The number of nitrogens with zero attached hydrogens (tertiary/aromatic N) is 3. The zero-order chi connectivity index (χ0) is 8.55. The Labute approximate surface area is 71.2 Å². The molecule has 1 heterocycles. The Balaban J connectivity index is 2.08. The number of hydrogen-bond acceptors (Lipinski definition) is 3. The van der Waals surface area contributed by atoms with E-state index in [1.165, 1.54) is 11.2 Å². The zero-order valence-electron chi connectivity index (χ0n) is 7.14. The molecule has 2 rings (SSSR count). The summed E-state index contributed by atoms with van der Waals surface area (Å²) in [6.07, 6.45) is 4.73. The minimum Gasteiger partial charge on any atom is -0.386 e. The number of hydrogen-bond donors (Lipinski definition) is 1. The van der Waals surface area contributed by atoms with Crippen LogP contribution in [0.15, 0.2) is 6.20 Å². The Kier molecular flexibility index (Phi) is 1.84. The molecule has 4 nitrogen and oxygen atoms in total. The van der Waals surface area contributed by atoms with E-state index in [1.807, 2.05) is 0 Å². The lowest BCUT2D eigenvalue weighted by Crippen LogP contribution is -2.20. The first-order chi connectivity index (χ1) is 5.77. The molecule has 0 aromatic carbocycles. The molecule has 1 N–H and O–H groups in total. The molecule has 0 spiro atoms. The molecule has 0 amide bonds. The SMILES string of the molecule is Cn1ncc(C(O)C2CCC2)n1. The molecule has 1 aromatic heterocycles. The van der Waals surface area contributed by atoms with E-state index in [-0.39, 0.29) is 0 Å². The van der Waals surface area contributed by atoms with Crippen LogP contribution < -0.4 is 0 Å². The topological polar surface area (TPSA) is 50.9 Å². The van der Waals surface area contributed by atoms with Crippen LogP contribution in [0.5, 0.6) is 0 Å². The van der Waals surface area contributed by atoms with E-state index in [9.17, 15) is 5.11 Å². The fraction of sp³-hybridized carbons (Fsp3) is 0.750.